The average molecular weight is 367 g/mol. The molecule has 1 aromatic heterocycles. The van der Waals surface area contributed by atoms with Crippen molar-refractivity contribution in [3.63, 3.8) is 0 Å². The highest BCUT2D eigenvalue weighted by atomic mass is 35.5. The Labute approximate surface area is 149 Å². The molecule has 1 N–H and O–H groups in total. The summed E-state index contributed by atoms with van der Waals surface area (Å²) in [5, 5.41) is 18.8. The molecule has 2 heterocycles. The quantitative estimate of drug-likeness (QED) is 0.755. The van der Waals surface area contributed by atoms with Crippen molar-refractivity contribution in [1.82, 2.24) is 19.7 Å². The van der Waals surface area contributed by atoms with Crippen LogP contribution in [0.3, 0.4) is 0 Å². The lowest BCUT2D eigenvalue weighted by atomic mass is 10.2. The summed E-state index contributed by atoms with van der Waals surface area (Å²) >= 11 is 7.95. The molecule has 1 aliphatic rings. The van der Waals surface area contributed by atoms with Crippen molar-refractivity contribution in [1.29, 1.82) is 0 Å². The van der Waals surface area contributed by atoms with E-state index in [1.807, 2.05) is 24.3 Å². The Morgan fingerprint density at radius 2 is 2.08 bits per heavy atom. The van der Waals surface area contributed by atoms with E-state index in [9.17, 15) is 4.79 Å². The molecule has 0 radical (unpaired) electrons. The molecule has 1 aromatic carbocycles. The number of halogens is 1. The van der Waals surface area contributed by atoms with Gasteiger partial charge in [0, 0.05) is 18.5 Å². The maximum absolute atomic E-state index is 10.5. The van der Waals surface area contributed by atoms with E-state index in [1.54, 1.807) is 11.8 Å². The highest BCUT2D eigenvalue weighted by molar-refractivity contribution is 7.99. The molecule has 6 nitrogen and oxygen atoms in total. The van der Waals surface area contributed by atoms with Gasteiger partial charge in [-0.15, -0.1) is 10.2 Å². The van der Waals surface area contributed by atoms with Crippen LogP contribution in [-0.2, 0) is 11.5 Å². The van der Waals surface area contributed by atoms with E-state index in [-0.39, 0.29) is 6.42 Å². The van der Waals surface area contributed by atoms with E-state index in [1.165, 1.54) is 0 Å². The minimum absolute atomic E-state index is 0.251. The summed E-state index contributed by atoms with van der Waals surface area (Å²) in [6.07, 6.45) is 2.91. The van der Waals surface area contributed by atoms with Gasteiger partial charge in [0.1, 0.15) is 0 Å². The second-order valence-electron chi connectivity index (χ2n) is 5.73. The summed E-state index contributed by atoms with van der Waals surface area (Å²) in [5.41, 5.74) is 0.891. The topological polar surface area (TPSA) is 71.2 Å². The number of nitrogens with zero attached hydrogens (tertiary/aromatic N) is 4. The Morgan fingerprint density at radius 1 is 1.25 bits per heavy atom. The maximum atomic E-state index is 10.5. The van der Waals surface area contributed by atoms with Crippen molar-refractivity contribution in [2.75, 3.05) is 12.4 Å². The van der Waals surface area contributed by atoms with Crippen LogP contribution in [0.4, 0.5) is 0 Å². The zero-order valence-electron chi connectivity index (χ0n) is 13.2. The number of carboxylic acids is 1. The van der Waals surface area contributed by atoms with Crippen LogP contribution >= 0.6 is 23.4 Å². The van der Waals surface area contributed by atoms with Crippen LogP contribution in [-0.4, -0.2) is 43.2 Å². The largest absolute Gasteiger partial charge is 0.481 e. The predicted octanol–water partition coefficient (Wildman–Crippen LogP) is 3.57. The predicted molar refractivity (Wildman–Crippen MR) is 94.0 cm³/mol. The van der Waals surface area contributed by atoms with Gasteiger partial charge in [-0.05, 0) is 25.0 Å². The average Bonchev–Trinajstić information content (AvgIpc) is 2.98. The number of hydrogen-bond donors (Lipinski definition) is 1. The fourth-order valence-corrected chi connectivity index (χ4v) is 3.81. The van der Waals surface area contributed by atoms with Crippen LogP contribution in [0.15, 0.2) is 29.4 Å². The van der Waals surface area contributed by atoms with Crippen LogP contribution in [0.25, 0.3) is 11.4 Å². The third-order valence-electron chi connectivity index (χ3n) is 3.91. The van der Waals surface area contributed by atoms with Crippen LogP contribution in [0.2, 0.25) is 5.02 Å². The summed E-state index contributed by atoms with van der Waals surface area (Å²) in [7, 11) is 0. The van der Waals surface area contributed by atoms with Gasteiger partial charge in [-0.1, -0.05) is 41.9 Å². The van der Waals surface area contributed by atoms with Gasteiger partial charge >= 0.3 is 5.97 Å². The molecule has 0 spiro atoms. The summed E-state index contributed by atoms with van der Waals surface area (Å²) < 4.78 is 2.09. The van der Waals surface area contributed by atoms with E-state index in [4.69, 9.17) is 16.7 Å². The number of unbranched alkanes of at least 4 members (excludes halogenated alkanes) is 2. The summed E-state index contributed by atoms with van der Waals surface area (Å²) in [6.45, 7) is 1.67. The van der Waals surface area contributed by atoms with E-state index >= 15 is 0 Å². The molecule has 0 bridgehead atoms. The second kappa shape index (κ2) is 8.00. The summed E-state index contributed by atoms with van der Waals surface area (Å²) in [5.74, 6) is 0.945. The van der Waals surface area contributed by atoms with Gasteiger partial charge in [0.05, 0.1) is 17.6 Å². The molecule has 0 amide bonds. The fraction of sp³-hybridized carbons (Fsp3) is 0.438. The molecule has 2 aromatic rings. The molecule has 0 fully saturated rings. The molecule has 0 saturated heterocycles. The van der Waals surface area contributed by atoms with E-state index in [2.05, 4.69) is 19.7 Å². The fourth-order valence-electron chi connectivity index (χ4n) is 2.68. The molecule has 0 unspecified atom stereocenters. The third-order valence-corrected chi connectivity index (χ3v) is 5.30. The second-order valence-corrected chi connectivity index (χ2v) is 7.05. The Bertz CT molecular complexity index is 722. The highest BCUT2D eigenvalue weighted by Gasteiger charge is 2.22. The van der Waals surface area contributed by atoms with Crippen molar-refractivity contribution in [3.05, 3.63) is 29.3 Å². The molecule has 128 valence electrons. The lowest BCUT2D eigenvalue weighted by Gasteiger charge is -2.27. The maximum Gasteiger partial charge on any atom is 0.303 e. The van der Waals surface area contributed by atoms with Crippen LogP contribution < -0.4 is 0 Å². The first kappa shape index (κ1) is 17.3. The molecular weight excluding hydrogens is 348 g/mol. The van der Waals surface area contributed by atoms with Crippen molar-refractivity contribution in [2.45, 2.75) is 37.5 Å². The van der Waals surface area contributed by atoms with Crippen molar-refractivity contribution >= 4 is 29.3 Å². The Kier molecular flexibility index (Phi) is 5.76. The number of rotatable bonds is 7. The van der Waals surface area contributed by atoms with Gasteiger partial charge in [0.2, 0.25) is 0 Å². The van der Waals surface area contributed by atoms with Gasteiger partial charge in [0.15, 0.2) is 11.0 Å². The summed E-state index contributed by atoms with van der Waals surface area (Å²) in [4.78, 5) is 12.9. The molecule has 1 aliphatic heterocycles. The number of aliphatic carboxylic acids is 1. The van der Waals surface area contributed by atoms with Crippen molar-refractivity contribution in [3.8, 4) is 11.4 Å². The van der Waals surface area contributed by atoms with E-state index in [0.717, 1.165) is 54.9 Å². The number of benzene rings is 1. The Hall–Kier alpha value is -1.57. The van der Waals surface area contributed by atoms with Crippen molar-refractivity contribution in [2.24, 2.45) is 0 Å². The zero-order valence-corrected chi connectivity index (χ0v) is 14.8. The number of thioether (sulfide) groups is 1. The standard InChI is InChI=1S/C16H19ClN4O2S/c17-13-7-4-3-6-12(13)15-18-19-16-21(15)10-20(11-24-16)9-5-1-2-8-14(22)23/h3-4,6-7H,1-2,5,8-11H2,(H,22,23). The number of hydrogen-bond acceptors (Lipinski definition) is 5. The molecule has 24 heavy (non-hydrogen) atoms. The van der Waals surface area contributed by atoms with Gasteiger partial charge in [-0.2, -0.15) is 0 Å². The van der Waals surface area contributed by atoms with Gasteiger partial charge in [-0.3, -0.25) is 14.3 Å². The molecule has 0 saturated carbocycles. The minimum Gasteiger partial charge on any atom is -0.481 e. The number of fused-ring (bicyclic) bond motifs is 1. The zero-order chi connectivity index (χ0) is 16.9. The molecular formula is C16H19ClN4O2S. The van der Waals surface area contributed by atoms with Crippen LogP contribution in [0.5, 0.6) is 0 Å². The first-order valence-electron chi connectivity index (χ1n) is 7.90. The lowest BCUT2D eigenvalue weighted by Crippen LogP contribution is -2.31. The van der Waals surface area contributed by atoms with Gasteiger partial charge in [-0.25, -0.2) is 0 Å². The number of carboxylic acid groups (broad SMARTS) is 1. The van der Waals surface area contributed by atoms with Crippen molar-refractivity contribution < 1.29 is 9.90 Å². The first-order chi connectivity index (χ1) is 11.6. The highest BCUT2D eigenvalue weighted by Crippen LogP contribution is 2.32. The minimum atomic E-state index is -0.720. The Morgan fingerprint density at radius 3 is 2.88 bits per heavy atom. The molecule has 0 aliphatic carbocycles. The normalized spacial score (nSPS) is 14.5. The summed E-state index contributed by atoms with van der Waals surface area (Å²) in [6, 6.07) is 7.65. The number of carbonyl (C=O) groups is 1. The Balaban J connectivity index is 1.62. The molecule has 8 heteroatoms. The van der Waals surface area contributed by atoms with Gasteiger partial charge in [0.25, 0.3) is 0 Å². The smallest absolute Gasteiger partial charge is 0.303 e. The van der Waals surface area contributed by atoms with Crippen LogP contribution in [0, 0.1) is 0 Å². The van der Waals surface area contributed by atoms with E-state index < -0.39 is 5.97 Å². The molecule has 3 rings (SSSR count). The SMILES string of the molecule is O=C(O)CCCCCN1CSc2nnc(-c3ccccc3Cl)n2C1. The van der Waals surface area contributed by atoms with Gasteiger partial charge < -0.3 is 5.11 Å². The molecule has 0 atom stereocenters. The van der Waals surface area contributed by atoms with Crippen LogP contribution in [0.1, 0.15) is 25.7 Å². The first-order valence-corrected chi connectivity index (χ1v) is 9.26. The third kappa shape index (κ3) is 4.09. The monoisotopic (exact) mass is 366 g/mol. The number of aromatic nitrogens is 3. The lowest BCUT2D eigenvalue weighted by molar-refractivity contribution is -0.137. The van der Waals surface area contributed by atoms with E-state index in [0.29, 0.717) is 5.02 Å².